The first kappa shape index (κ1) is 22.7. The summed E-state index contributed by atoms with van der Waals surface area (Å²) in [7, 11) is -2.63. The van der Waals surface area contributed by atoms with Gasteiger partial charge in [0.1, 0.15) is 0 Å². The maximum absolute atomic E-state index is 13.9. The van der Waals surface area contributed by atoms with Crippen molar-refractivity contribution in [3.8, 4) is 0 Å². The molecule has 0 bridgehead atoms. The predicted molar refractivity (Wildman–Crippen MR) is 125 cm³/mol. The van der Waals surface area contributed by atoms with Crippen molar-refractivity contribution >= 4 is 35.4 Å². The van der Waals surface area contributed by atoms with E-state index in [4.69, 9.17) is 4.74 Å². The van der Waals surface area contributed by atoms with Crippen LogP contribution in [0.25, 0.3) is 0 Å². The molecule has 3 aromatic rings. The fourth-order valence-corrected chi connectivity index (χ4v) is 8.92. The zero-order valence-electron chi connectivity index (χ0n) is 17.9. The van der Waals surface area contributed by atoms with Gasteiger partial charge in [0.2, 0.25) is 0 Å². The number of ether oxygens (including phenoxy) is 1. The fraction of sp³-hybridized carbons (Fsp3) is 0.240. The third kappa shape index (κ3) is 4.52. The van der Waals surface area contributed by atoms with Crippen LogP contribution < -0.4 is 4.46 Å². The number of aryl methyl sites for hydroxylation is 1. The molecule has 32 heavy (non-hydrogen) atoms. The van der Waals surface area contributed by atoms with E-state index in [0.29, 0.717) is 6.42 Å². The van der Waals surface area contributed by atoms with E-state index in [0.717, 1.165) is 11.1 Å². The second kappa shape index (κ2) is 9.59. The third-order valence-electron chi connectivity index (χ3n) is 5.63. The summed E-state index contributed by atoms with van der Waals surface area (Å²) in [5, 5.41) is 0. The molecule has 3 atom stereocenters. The van der Waals surface area contributed by atoms with Gasteiger partial charge in [0.25, 0.3) is 0 Å². The molecule has 0 saturated carbocycles. The van der Waals surface area contributed by atoms with Gasteiger partial charge in [-0.25, -0.2) is 0 Å². The second-order valence-electron chi connectivity index (χ2n) is 7.75. The molecule has 1 aliphatic rings. The van der Waals surface area contributed by atoms with Crippen LogP contribution in [0.5, 0.6) is 0 Å². The molecule has 1 aliphatic heterocycles. The zero-order valence-corrected chi connectivity index (χ0v) is 20.4. The van der Waals surface area contributed by atoms with Crippen LogP contribution in [0.3, 0.4) is 0 Å². The standard InChI is InChI=1S/C25H25NO4SSe/c1-18-13-15-20(16-14-18)31(28,29)26-22(25(27)30-2)17-23(32-21-11-7-4-8-12-21)24(26)19-9-5-3-6-10-19/h3-16,22-24H,17H2,1-2H3/t22-,23+,24-/m0/s1. The molecule has 0 spiro atoms. The van der Waals surface area contributed by atoms with Crippen LogP contribution in [0, 0.1) is 6.92 Å². The topological polar surface area (TPSA) is 63.7 Å². The molecule has 3 aromatic carbocycles. The Morgan fingerprint density at radius 1 is 0.938 bits per heavy atom. The van der Waals surface area contributed by atoms with E-state index >= 15 is 0 Å². The molecular formula is C25H25NO4SSe. The summed E-state index contributed by atoms with van der Waals surface area (Å²) < 4.78 is 35.4. The van der Waals surface area contributed by atoms with E-state index in [-0.39, 0.29) is 24.7 Å². The molecule has 1 saturated heterocycles. The van der Waals surface area contributed by atoms with E-state index in [1.54, 1.807) is 24.3 Å². The minimum absolute atomic E-state index is 0.0170. The Morgan fingerprint density at radius 3 is 2.12 bits per heavy atom. The van der Waals surface area contributed by atoms with E-state index in [1.807, 2.05) is 55.5 Å². The van der Waals surface area contributed by atoms with Crippen molar-refractivity contribution in [3.05, 3.63) is 96.1 Å². The first-order valence-electron chi connectivity index (χ1n) is 10.4. The average molecular weight is 515 g/mol. The molecule has 0 aliphatic carbocycles. The number of nitrogens with zero attached hydrogens (tertiary/aromatic N) is 1. The number of methoxy groups -OCH3 is 1. The molecule has 4 rings (SSSR count). The summed E-state index contributed by atoms with van der Waals surface area (Å²) in [6, 6.07) is 25.1. The molecule has 7 heteroatoms. The molecular weight excluding hydrogens is 489 g/mol. The number of sulfonamides is 1. The Hall–Kier alpha value is -2.44. The van der Waals surface area contributed by atoms with Crippen molar-refractivity contribution in [1.82, 2.24) is 4.31 Å². The number of carbonyl (C=O) groups excluding carboxylic acids is 1. The molecule has 1 fully saturated rings. The number of benzene rings is 3. The van der Waals surface area contributed by atoms with Crippen molar-refractivity contribution in [2.24, 2.45) is 0 Å². The summed E-state index contributed by atoms with van der Waals surface area (Å²) >= 11 is -0.0361. The van der Waals surface area contributed by atoms with Gasteiger partial charge in [0.05, 0.1) is 0 Å². The van der Waals surface area contributed by atoms with Gasteiger partial charge in [0, 0.05) is 0 Å². The van der Waals surface area contributed by atoms with Gasteiger partial charge in [-0.1, -0.05) is 0 Å². The maximum atomic E-state index is 13.9. The summed E-state index contributed by atoms with van der Waals surface area (Å²) in [5.41, 5.74) is 1.86. The number of carbonyl (C=O) groups is 1. The Balaban J connectivity index is 1.84. The molecule has 0 unspecified atom stereocenters. The number of hydrogen-bond acceptors (Lipinski definition) is 4. The fourth-order valence-electron chi connectivity index (χ4n) is 4.09. The number of rotatable bonds is 6. The van der Waals surface area contributed by atoms with Gasteiger partial charge in [-0.15, -0.1) is 0 Å². The summed E-state index contributed by atoms with van der Waals surface area (Å²) in [5.74, 6) is -0.520. The molecule has 0 aromatic heterocycles. The van der Waals surface area contributed by atoms with Gasteiger partial charge in [-0.2, -0.15) is 0 Å². The van der Waals surface area contributed by atoms with Gasteiger partial charge in [0.15, 0.2) is 0 Å². The third-order valence-corrected chi connectivity index (χ3v) is 10.3. The molecule has 166 valence electrons. The molecule has 5 nitrogen and oxygen atoms in total. The van der Waals surface area contributed by atoms with Crippen LogP contribution in [-0.2, 0) is 19.6 Å². The van der Waals surface area contributed by atoms with Crippen molar-refractivity contribution in [1.29, 1.82) is 0 Å². The van der Waals surface area contributed by atoms with Crippen LogP contribution in [0.4, 0.5) is 0 Å². The van der Waals surface area contributed by atoms with Gasteiger partial charge < -0.3 is 0 Å². The summed E-state index contributed by atoms with van der Waals surface area (Å²) in [6.45, 7) is 1.91. The molecule has 0 N–H and O–H groups in total. The summed E-state index contributed by atoms with van der Waals surface area (Å²) in [4.78, 5) is 13.0. The predicted octanol–water partition coefficient (Wildman–Crippen LogP) is 3.49. The minimum atomic E-state index is -3.94. The Labute approximate surface area is 195 Å². The Morgan fingerprint density at radius 2 is 1.53 bits per heavy atom. The van der Waals surface area contributed by atoms with Crippen LogP contribution in [0.2, 0.25) is 4.82 Å². The number of esters is 1. The molecule has 0 amide bonds. The zero-order chi connectivity index (χ0) is 22.7. The SMILES string of the molecule is COC(=O)[C@@H]1C[C@@H]([Se]c2ccccc2)[C@H](c2ccccc2)N1S(=O)(=O)c1ccc(C)cc1. The normalized spacial score (nSPS) is 21.4. The van der Waals surface area contributed by atoms with Gasteiger partial charge >= 0.3 is 196 Å². The van der Waals surface area contributed by atoms with E-state index in [1.165, 1.54) is 15.9 Å². The van der Waals surface area contributed by atoms with Crippen molar-refractivity contribution < 1.29 is 17.9 Å². The van der Waals surface area contributed by atoms with E-state index in [2.05, 4.69) is 12.1 Å². The first-order chi connectivity index (χ1) is 15.4. The Kier molecular flexibility index (Phi) is 6.82. The Bertz CT molecular complexity index is 1170. The molecule has 1 heterocycles. The van der Waals surface area contributed by atoms with E-state index < -0.39 is 28.1 Å². The average Bonchev–Trinajstić information content (AvgIpc) is 3.20. The first-order valence-corrected chi connectivity index (χ1v) is 13.6. The van der Waals surface area contributed by atoms with Crippen molar-refractivity contribution in [2.45, 2.75) is 35.1 Å². The van der Waals surface area contributed by atoms with Gasteiger partial charge in [-0.3, -0.25) is 0 Å². The van der Waals surface area contributed by atoms with Crippen molar-refractivity contribution in [2.75, 3.05) is 7.11 Å². The molecule has 0 radical (unpaired) electrons. The van der Waals surface area contributed by atoms with Crippen LogP contribution >= 0.6 is 0 Å². The number of hydrogen-bond donors (Lipinski definition) is 0. The van der Waals surface area contributed by atoms with Crippen molar-refractivity contribution in [3.63, 3.8) is 0 Å². The summed E-state index contributed by atoms with van der Waals surface area (Å²) in [6.07, 6.45) is 0.423. The van der Waals surface area contributed by atoms with Crippen LogP contribution in [0.1, 0.15) is 23.6 Å². The quantitative estimate of drug-likeness (QED) is 0.373. The monoisotopic (exact) mass is 515 g/mol. The second-order valence-corrected chi connectivity index (χ2v) is 12.3. The van der Waals surface area contributed by atoms with Gasteiger partial charge in [-0.05, 0) is 0 Å². The van der Waals surface area contributed by atoms with E-state index in [9.17, 15) is 13.2 Å². The van der Waals surface area contributed by atoms with Crippen LogP contribution in [-0.4, -0.2) is 46.8 Å². The van der Waals surface area contributed by atoms with Crippen LogP contribution in [0.15, 0.2) is 89.8 Å².